The highest BCUT2D eigenvalue weighted by Gasteiger charge is 2.53. The van der Waals surface area contributed by atoms with Gasteiger partial charge in [0.1, 0.15) is 23.9 Å². The lowest BCUT2D eigenvalue weighted by molar-refractivity contribution is -0.324. The van der Waals surface area contributed by atoms with Crippen molar-refractivity contribution in [3.63, 3.8) is 0 Å². The number of ether oxygens (including phenoxy) is 2. The van der Waals surface area contributed by atoms with Gasteiger partial charge in [-0.2, -0.15) is 0 Å². The average molecular weight is 234 g/mol. The summed E-state index contributed by atoms with van der Waals surface area (Å²) in [6.45, 7) is 4.53. The van der Waals surface area contributed by atoms with Crippen molar-refractivity contribution in [3.05, 3.63) is 12.7 Å². The van der Waals surface area contributed by atoms with Gasteiger partial charge < -0.3 is 29.9 Å². The molecule has 0 aromatic heterocycles. The molecule has 0 saturated carbocycles. The lowest BCUT2D eigenvalue weighted by atomic mass is 9.85. The number of rotatable bonds is 4. The Bertz CT molecular complexity index is 245. The van der Waals surface area contributed by atoms with E-state index in [1.54, 1.807) is 0 Å². The first kappa shape index (κ1) is 13.6. The number of hydrogen-bond donors (Lipinski definition) is 4. The molecule has 0 bridgehead atoms. The summed E-state index contributed by atoms with van der Waals surface area (Å²) in [6.07, 6.45) is -3.68. The Labute approximate surface area is 93.7 Å². The van der Waals surface area contributed by atoms with Gasteiger partial charge >= 0.3 is 0 Å². The van der Waals surface area contributed by atoms with Gasteiger partial charge in [0.05, 0.1) is 13.2 Å². The second-order valence-corrected chi connectivity index (χ2v) is 3.92. The van der Waals surface area contributed by atoms with Crippen molar-refractivity contribution in [1.82, 2.24) is 0 Å². The maximum absolute atomic E-state index is 9.89. The SMILES string of the molecule is C=CCO[C@]1(C)[C@H](O)[C@@H](CO)OC(O)[C@@H]1O. The molecule has 0 aromatic carbocycles. The lowest BCUT2D eigenvalue weighted by Crippen LogP contribution is -2.66. The van der Waals surface area contributed by atoms with Crippen molar-refractivity contribution in [2.45, 2.75) is 37.1 Å². The van der Waals surface area contributed by atoms with E-state index >= 15 is 0 Å². The van der Waals surface area contributed by atoms with Gasteiger partial charge in [-0.05, 0) is 6.92 Å². The summed E-state index contributed by atoms with van der Waals surface area (Å²) in [5, 5.41) is 38.0. The molecule has 0 spiro atoms. The number of hydrogen-bond acceptors (Lipinski definition) is 6. The van der Waals surface area contributed by atoms with Crippen LogP contribution in [0.15, 0.2) is 12.7 Å². The van der Waals surface area contributed by atoms with E-state index in [2.05, 4.69) is 6.58 Å². The van der Waals surface area contributed by atoms with Crippen molar-refractivity contribution in [1.29, 1.82) is 0 Å². The van der Waals surface area contributed by atoms with Crippen LogP contribution in [-0.4, -0.2) is 63.8 Å². The molecule has 1 fully saturated rings. The highest BCUT2D eigenvalue weighted by molar-refractivity contribution is 5.00. The molecule has 0 radical (unpaired) electrons. The topological polar surface area (TPSA) is 99.4 Å². The van der Waals surface area contributed by atoms with Gasteiger partial charge in [-0.25, -0.2) is 0 Å². The van der Waals surface area contributed by atoms with Crippen LogP contribution in [0.2, 0.25) is 0 Å². The van der Waals surface area contributed by atoms with Crippen molar-refractivity contribution >= 4 is 0 Å². The van der Waals surface area contributed by atoms with E-state index in [-0.39, 0.29) is 6.61 Å². The Hall–Kier alpha value is -0.500. The molecule has 6 nitrogen and oxygen atoms in total. The Balaban J connectivity index is 2.86. The average Bonchev–Trinajstić information content (AvgIpc) is 2.29. The first-order chi connectivity index (χ1) is 7.47. The smallest absolute Gasteiger partial charge is 0.184 e. The molecule has 6 heteroatoms. The van der Waals surface area contributed by atoms with Crippen LogP contribution in [0.4, 0.5) is 0 Å². The van der Waals surface area contributed by atoms with Crippen molar-refractivity contribution in [3.8, 4) is 0 Å². The Morgan fingerprint density at radius 3 is 2.50 bits per heavy atom. The van der Waals surface area contributed by atoms with Crippen LogP contribution in [0.1, 0.15) is 6.92 Å². The van der Waals surface area contributed by atoms with Gasteiger partial charge in [0, 0.05) is 0 Å². The van der Waals surface area contributed by atoms with Crippen LogP contribution in [0, 0.1) is 0 Å². The van der Waals surface area contributed by atoms with Crippen LogP contribution in [0.3, 0.4) is 0 Å². The first-order valence-electron chi connectivity index (χ1n) is 5.02. The maximum atomic E-state index is 9.89. The molecular weight excluding hydrogens is 216 g/mol. The lowest BCUT2D eigenvalue weighted by Gasteiger charge is -2.47. The summed E-state index contributed by atoms with van der Waals surface area (Å²) in [7, 11) is 0. The summed E-state index contributed by atoms with van der Waals surface area (Å²) in [5.41, 5.74) is -1.40. The molecule has 94 valence electrons. The fourth-order valence-corrected chi connectivity index (χ4v) is 1.71. The molecule has 1 aliphatic heterocycles. The summed E-state index contributed by atoms with van der Waals surface area (Å²) in [5.74, 6) is 0. The van der Waals surface area contributed by atoms with Crippen molar-refractivity contribution < 1.29 is 29.9 Å². The van der Waals surface area contributed by atoms with Gasteiger partial charge in [0.25, 0.3) is 0 Å². The standard InChI is InChI=1S/C10H18O6/c1-3-4-15-10(2)7(12)6(5-11)16-9(14)8(10)13/h3,6-9,11-14H,1,4-5H2,2H3/t6-,7-,8+,9?,10-/m1/s1. The molecular formula is C10H18O6. The van der Waals surface area contributed by atoms with E-state index in [0.717, 1.165) is 0 Å². The molecule has 1 saturated heterocycles. The van der Waals surface area contributed by atoms with Gasteiger partial charge in [-0.1, -0.05) is 6.08 Å². The molecule has 1 aliphatic rings. The Morgan fingerprint density at radius 2 is 2.00 bits per heavy atom. The molecule has 16 heavy (non-hydrogen) atoms. The van der Waals surface area contributed by atoms with Crippen LogP contribution >= 0.6 is 0 Å². The third kappa shape index (κ3) is 2.27. The van der Waals surface area contributed by atoms with Gasteiger partial charge in [-0.3, -0.25) is 0 Å². The summed E-state index contributed by atoms with van der Waals surface area (Å²) < 4.78 is 10.1. The summed E-state index contributed by atoms with van der Waals surface area (Å²) in [6, 6.07) is 0. The van der Waals surface area contributed by atoms with Gasteiger partial charge in [-0.15, -0.1) is 6.58 Å². The van der Waals surface area contributed by atoms with Gasteiger partial charge in [0.15, 0.2) is 6.29 Å². The van der Waals surface area contributed by atoms with E-state index in [0.29, 0.717) is 0 Å². The minimum atomic E-state index is -1.50. The molecule has 1 rings (SSSR count). The number of aliphatic hydroxyl groups excluding tert-OH is 4. The zero-order valence-corrected chi connectivity index (χ0v) is 9.11. The molecule has 4 N–H and O–H groups in total. The molecule has 1 unspecified atom stereocenters. The monoisotopic (exact) mass is 234 g/mol. The quantitative estimate of drug-likeness (QED) is 0.436. The predicted octanol–water partition coefficient (Wildman–Crippen LogP) is -1.62. The molecule has 1 heterocycles. The van der Waals surface area contributed by atoms with Crippen molar-refractivity contribution in [2.24, 2.45) is 0 Å². The molecule has 5 atom stereocenters. The second kappa shape index (κ2) is 5.22. The summed E-state index contributed by atoms with van der Waals surface area (Å²) in [4.78, 5) is 0. The fraction of sp³-hybridized carbons (Fsp3) is 0.800. The highest BCUT2D eigenvalue weighted by atomic mass is 16.6. The molecule has 0 aliphatic carbocycles. The van der Waals surface area contributed by atoms with E-state index in [9.17, 15) is 15.3 Å². The van der Waals surface area contributed by atoms with Crippen LogP contribution in [0.5, 0.6) is 0 Å². The maximum Gasteiger partial charge on any atom is 0.184 e. The minimum Gasteiger partial charge on any atom is -0.394 e. The van der Waals surface area contributed by atoms with Crippen LogP contribution in [0.25, 0.3) is 0 Å². The zero-order valence-electron chi connectivity index (χ0n) is 9.11. The third-order valence-electron chi connectivity index (χ3n) is 2.80. The largest absolute Gasteiger partial charge is 0.394 e. The fourth-order valence-electron chi connectivity index (χ4n) is 1.71. The van der Waals surface area contributed by atoms with E-state index < -0.39 is 36.8 Å². The predicted molar refractivity (Wildman–Crippen MR) is 54.5 cm³/mol. The van der Waals surface area contributed by atoms with E-state index in [1.807, 2.05) is 0 Å². The van der Waals surface area contributed by atoms with Crippen LogP contribution < -0.4 is 0 Å². The number of aliphatic hydroxyl groups is 4. The normalized spacial score (nSPS) is 44.3. The van der Waals surface area contributed by atoms with Gasteiger partial charge in [0.2, 0.25) is 0 Å². The van der Waals surface area contributed by atoms with E-state index in [4.69, 9.17) is 14.6 Å². The second-order valence-electron chi connectivity index (χ2n) is 3.92. The Morgan fingerprint density at radius 1 is 1.38 bits per heavy atom. The third-order valence-corrected chi connectivity index (χ3v) is 2.80. The minimum absolute atomic E-state index is 0.107. The van der Waals surface area contributed by atoms with Crippen molar-refractivity contribution in [2.75, 3.05) is 13.2 Å². The first-order valence-corrected chi connectivity index (χ1v) is 5.02. The van der Waals surface area contributed by atoms with E-state index in [1.165, 1.54) is 13.0 Å². The molecule has 0 amide bonds. The summed E-state index contributed by atoms with van der Waals surface area (Å²) >= 11 is 0. The zero-order chi connectivity index (χ0) is 12.3. The highest BCUT2D eigenvalue weighted by Crippen LogP contribution is 2.31. The molecule has 0 aromatic rings. The Kier molecular flexibility index (Phi) is 4.43. The van der Waals surface area contributed by atoms with Crippen LogP contribution in [-0.2, 0) is 9.47 Å².